The van der Waals surface area contributed by atoms with Crippen LogP contribution in [-0.2, 0) is 11.6 Å². The summed E-state index contributed by atoms with van der Waals surface area (Å²) in [6.07, 6.45) is -4.43. The van der Waals surface area contributed by atoms with Crippen LogP contribution in [0.15, 0.2) is 18.2 Å². The standard InChI is InChI=1S/C13H15F3N2/c1-8-6-5-7-9-17-10(13(14,15)16)11(18(8)9)12(2,3)4/h5-7H,1-4H3. The molecule has 2 aromatic rings. The van der Waals surface area contributed by atoms with E-state index in [1.165, 1.54) is 0 Å². The molecule has 0 aromatic carbocycles. The third-order valence-electron chi connectivity index (χ3n) is 2.82. The average Bonchev–Trinajstić information content (AvgIpc) is 2.56. The number of alkyl halides is 3. The first-order chi connectivity index (χ1) is 8.12. The lowest BCUT2D eigenvalue weighted by Crippen LogP contribution is -2.21. The van der Waals surface area contributed by atoms with Crippen molar-refractivity contribution in [2.45, 2.75) is 39.3 Å². The molecule has 0 saturated carbocycles. The first kappa shape index (κ1) is 12.9. The molecule has 18 heavy (non-hydrogen) atoms. The number of hydrogen-bond acceptors (Lipinski definition) is 1. The Balaban J connectivity index is 2.92. The minimum Gasteiger partial charge on any atom is -0.300 e. The lowest BCUT2D eigenvalue weighted by molar-refractivity contribution is -0.142. The van der Waals surface area contributed by atoms with E-state index in [1.54, 1.807) is 50.3 Å². The maximum absolute atomic E-state index is 13.1. The molecule has 0 fully saturated rings. The molecule has 2 aromatic heterocycles. The van der Waals surface area contributed by atoms with Gasteiger partial charge in [-0.1, -0.05) is 26.8 Å². The van der Waals surface area contributed by atoms with Crippen molar-refractivity contribution in [1.29, 1.82) is 0 Å². The maximum Gasteiger partial charge on any atom is 0.435 e. The van der Waals surface area contributed by atoms with Gasteiger partial charge in [-0.05, 0) is 19.1 Å². The number of pyridine rings is 1. The average molecular weight is 256 g/mol. The highest BCUT2D eigenvalue weighted by Gasteiger charge is 2.41. The van der Waals surface area contributed by atoms with E-state index in [1.807, 2.05) is 0 Å². The fourth-order valence-corrected chi connectivity index (χ4v) is 2.14. The summed E-state index contributed by atoms with van der Waals surface area (Å²) >= 11 is 0. The van der Waals surface area contributed by atoms with Gasteiger partial charge in [0.15, 0.2) is 5.69 Å². The molecule has 2 rings (SSSR count). The number of halogens is 3. The monoisotopic (exact) mass is 256 g/mol. The van der Waals surface area contributed by atoms with Gasteiger partial charge in [0.1, 0.15) is 5.65 Å². The minimum atomic E-state index is -4.43. The Morgan fingerprint density at radius 1 is 1.11 bits per heavy atom. The van der Waals surface area contributed by atoms with E-state index >= 15 is 0 Å². The van der Waals surface area contributed by atoms with Crippen molar-refractivity contribution in [3.63, 3.8) is 0 Å². The van der Waals surface area contributed by atoms with Crippen LogP contribution in [0.2, 0.25) is 0 Å². The number of fused-ring (bicyclic) bond motifs is 1. The summed E-state index contributed by atoms with van der Waals surface area (Å²) in [4.78, 5) is 3.75. The number of aromatic nitrogens is 2. The lowest BCUT2D eigenvalue weighted by atomic mass is 9.90. The van der Waals surface area contributed by atoms with Gasteiger partial charge in [0.05, 0.1) is 5.69 Å². The van der Waals surface area contributed by atoms with Crippen molar-refractivity contribution in [1.82, 2.24) is 9.38 Å². The van der Waals surface area contributed by atoms with Crippen LogP contribution in [-0.4, -0.2) is 9.38 Å². The van der Waals surface area contributed by atoms with Gasteiger partial charge in [0, 0.05) is 11.1 Å². The van der Waals surface area contributed by atoms with Crippen molar-refractivity contribution >= 4 is 5.65 Å². The molecule has 0 saturated heterocycles. The van der Waals surface area contributed by atoms with Crippen molar-refractivity contribution in [2.75, 3.05) is 0 Å². The van der Waals surface area contributed by atoms with Crippen molar-refractivity contribution < 1.29 is 13.2 Å². The quantitative estimate of drug-likeness (QED) is 0.697. The molecule has 0 bridgehead atoms. The molecule has 0 atom stereocenters. The molecule has 0 aliphatic rings. The molecule has 0 amide bonds. The van der Waals surface area contributed by atoms with Gasteiger partial charge < -0.3 is 4.40 Å². The SMILES string of the molecule is Cc1cccc2nc(C(F)(F)F)c(C(C)(C)C)n12. The molecule has 0 aliphatic carbocycles. The Morgan fingerprint density at radius 2 is 1.72 bits per heavy atom. The van der Waals surface area contributed by atoms with Gasteiger partial charge in [-0.15, -0.1) is 0 Å². The summed E-state index contributed by atoms with van der Waals surface area (Å²) < 4.78 is 40.8. The Kier molecular flexibility index (Phi) is 2.68. The Morgan fingerprint density at radius 3 is 2.22 bits per heavy atom. The predicted molar refractivity (Wildman–Crippen MR) is 63.6 cm³/mol. The van der Waals surface area contributed by atoms with Gasteiger partial charge in [0.2, 0.25) is 0 Å². The second-order valence-corrected chi connectivity index (χ2v) is 5.42. The number of aryl methyl sites for hydroxylation is 1. The second kappa shape index (κ2) is 3.73. The number of hydrogen-bond donors (Lipinski definition) is 0. The fourth-order valence-electron chi connectivity index (χ4n) is 2.14. The van der Waals surface area contributed by atoms with Crippen LogP contribution in [0.25, 0.3) is 5.65 Å². The van der Waals surface area contributed by atoms with Crippen LogP contribution in [0.1, 0.15) is 37.9 Å². The number of nitrogens with zero attached hydrogens (tertiary/aromatic N) is 2. The number of imidazole rings is 1. The summed E-state index contributed by atoms with van der Waals surface area (Å²) in [5.41, 5.74) is -0.115. The van der Waals surface area contributed by atoms with Gasteiger partial charge in [-0.25, -0.2) is 4.98 Å². The summed E-state index contributed by atoms with van der Waals surface area (Å²) in [6, 6.07) is 5.09. The number of rotatable bonds is 0. The van der Waals surface area contributed by atoms with Gasteiger partial charge in [0.25, 0.3) is 0 Å². The fraction of sp³-hybridized carbons (Fsp3) is 0.462. The van der Waals surface area contributed by atoms with Crippen molar-refractivity contribution in [3.05, 3.63) is 35.3 Å². The Hall–Kier alpha value is -1.52. The van der Waals surface area contributed by atoms with E-state index in [2.05, 4.69) is 4.98 Å². The highest BCUT2D eigenvalue weighted by molar-refractivity contribution is 5.47. The Labute approximate surface area is 103 Å². The molecule has 0 N–H and O–H groups in total. The summed E-state index contributed by atoms with van der Waals surface area (Å²) in [6.45, 7) is 7.07. The molecule has 98 valence electrons. The van der Waals surface area contributed by atoms with E-state index in [9.17, 15) is 13.2 Å². The molecule has 0 spiro atoms. The minimum absolute atomic E-state index is 0.211. The first-order valence-electron chi connectivity index (χ1n) is 5.68. The summed E-state index contributed by atoms with van der Waals surface area (Å²) in [5.74, 6) is 0. The predicted octanol–water partition coefficient (Wildman–Crippen LogP) is 3.96. The van der Waals surface area contributed by atoms with Gasteiger partial charge in [-0.2, -0.15) is 13.2 Å². The zero-order valence-electron chi connectivity index (χ0n) is 10.8. The smallest absolute Gasteiger partial charge is 0.300 e. The van der Waals surface area contributed by atoms with Gasteiger partial charge >= 0.3 is 6.18 Å². The highest BCUT2D eigenvalue weighted by Crippen LogP contribution is 2.37. The normalized spacial score (nSPS) is 13.3. The van der Waals surface area contributed by atoms with Gasteiger partial charge in [-0.3, -0.25) is 0 Å². The molecular formula is C13H15F3N2. The molecule has 5 heteroatoms. The summed E-state index contributed by atoms with van der Waals surface area (Å²) in [7, 11) is 0. The lowest BCUT2D eigenvalue weighted by Gasteiger charge is -2.21. The van der Waals surface area contributed by atoms with Crippen molar-refractivity contribution in [3.8, 4) is 0 Å². The second-order valence-electron chi connectivity index (χ2n) is 5.42. The third-order valence-corrected chi connectivity index (χ3v) is 2.82. The molecular weight excluding hydrogens is 241 g/mol. The molecule has 0 unspecified atom stereocenters. The molecule has 2 heterocycles. The molecule has 0 aliphatic heterocycles. The zero-order valence-corrected chi connectivity index (χ0v) is 10.8. The van der Waals surface area contributed by atoms with E-state index in [0.717, 1.165) is 5.69 Å². The van der Waals surface area contributed by atoms with Crippen molar-refractivity contribution in [2.24, 2.45) is 0 Å². The van der Waals surface area contributed by atoms with Crippen LogP contribution in [0.5, 0.6) is 0 Å². The highest BCUT2D eigenvalue weighted by atomic mass is 19.4. The Bertz CT molecular complexity index is 589. The molecule has 2 nitrogen and oxygen atoms in total. The largest absolute Gasteiger partial charge is 0.435 e. The van der Waals surface area contributed by atoms with Crippen LogP contribution >= 0.6 is 0 Å². The van der Waals surface area contributed by atoms with Crippen LogP contribution < -0.4 is 0 Å². The van der Waals surface area contributed by atoms with Crippen LogP contribution in [0.3, 0.4) is 0 Å². The van der Waals surface area contributed by atoms with E-state index in [0.29, 0.717) is 5.65 Å². The van der Waals surface area contributed by atoms with E-state index in [4.69, 9.17) is 0 Å². The van der Waals surface area contributed by atoms with E-state index in [-0.39, 0.29) is 5.69 Å². The topological polar surface area (TPSA) is 17.3 Å². The van der Waals surface area contributed by atoms with E-state index < -0.39 is 17.3 Å². The first-order valence-corrected chi connectivity index (χ1v) is 5.68. The maximum atomic E-state index is 13.1. The summed E-state index contributed by atoms with van der Waals surface area (Å²) in [5, 5.41) is 0. The third kappa shape index (κ3) is 1.98. The van der Waals surface area contributed by atoms with Crippen LogP contribution in [0.4, 0.5) is 13.2 Å². The van der Waals surface area contributed by atoms with Crippen LogP contribution in [0, 0.1) is 6.92 Å². The molecule has 0 radical (unpaired) electrons. The zero-order chi connectivity index (χ0) is 13.7.